The number of phenolic OH excluding ortho intramolecular Hbond substituents is 1. The lowest BCUT2D eigenvalue weighted by molar-refractivity contribution is 0.166. The van der Waals surface area contributed by atoms with Crippen LogP contribution in [0, 0.1) is 0 Å². The van der Waals surface area contributed by atoms with Crippen LogP contribution >= 0.6 is 0 Å². The van der Waals surface area contributed by atoms with Gasteiger partial charge in [-0.15, -0.1) is 0 Å². The first-order valence-corrected chi connectivity index (χ1v) is 8.84. The Labute approximate surface area is 145 Å². The SMILES string of the molecule is CCCCCCCC(O)C/C(CCc1ccc(O)c(OC)c1)=N/O. The highest BCUT2D eigenvalue weighted by molar-refractivity contribution is 5.84. The zero-order valence-corrected chi connectivity index (χ0v) is 14.9. The third kappa shape index (κ3) is 7.68. The van der Waals surface area contributed by atoms with Crippen molar-refractivity contribution in [2.24, 2.45) is 5.16 Å². The standard InChI is InChI=1S/C19H31NO4/c1-3-4-5-6-7-8-17(21)14-16(20-23)11-9-15-10-12-18(22)19(13-15)24-2/h10,12-13,17,21-23H,3-9,11,14H2,1-2H3/b20-16+. The Morgan fingerprint density at radius 2 is 1.96 bits per heavy atom. The van der Waals surface area contributed by atoms with Crippen molar-refractivity contribution in [2.75, 3.05) is 7.11 Å². The Bertz CT molecular complexity index is 502. The van der Waals surface area contributed by atoms with Crippen molar-refractivity contribution >= 4 is 5.71 Å². The van der Waals surface area contributed by atoms with E-state index in [0.717, 1.165) is 24.8 Å². The monoisotopic (exact) mass is 337 g/mol. The number of methoxy groups -OCH3 is 1. The first kappa shape index (κ1) is 20.3. The first-order valence-electron chi connectivity index (χ1n) is 8.84. The van der Waals surface area contributed by atoms with E-state index >= 15 is 0 Å². The van der Waals surface area contributed by atoms with E-state index in [9.17, 15) is 10.2 Å². The zero-order chi connectivity index (χ0) is 17.8. The van der Waals surface area contributed by atoms with Gasteiger partial charge in [-0.25, -0.2) is 0 Å². The van der Waals surface area contributed by atoms with Crippen LogP contribution in [0.25, 0.3) is 0 Å². The summed E-state index contributed by atoms with van der Waals surface area (Å²) in [5.41, 5.74) is 1.59. The van der Waals surface area contributed by atoms with E-state index < -0.39 is 6.10 Å². The average Bonchev–Trinajstić information content (AvgIpc) is 2.59. The van der Waals surface area contributed by atoms with Gasteiger partial charge in [-0.3, -0.25) is 0 Å². The molecule has 5 heteroatoms. The fourth-order valence-corrected chi connectivity index (χ4v) is 2.72. The van der Waals surface area contributed by atoms with Crippen molar-refractivity contribution in [1.82, 2.24) is 0 Å². The highest BCUT2D eigenvalue weighted by Gasteiger charge is 2.11. The van der Waals surface area contributed by atoms with E-state index in [1.54, 1.807) is 12.1 Å². The van der Waals surface area contributed by atoms with Gasteiger partial charge < -0.3 is 20.2 Å². The third-order valence-electron chi connectivity index (χ3n) is 4.20. The van der Waals surface area contributed by atoms with Crippen molar-refractivity contribution in [3.8, 4) is 11.5 Å². The molecule has 5 nitrogen and oxygen atoms in total. The number of ether oxygens (including phenoxy) is 1. The largest absolute Gasteiger partial charge is 0.504 e. The summed E-state index contributed by atoms with van der Waals surface area (Å²) in [6, 6.07) is 5.18. The van der Waals surface area contributed by atoms with Crippen molar-refractivity contribution < 1.29 is 20.2 Å². The van der Waals surface area contributed by atoms with Crippen LogP contribution in [0.3, 0.4) is 0 Å². The maximum absolute atomic E-state index is 10.1. The molecular weight excluding hydrogens is 306 g/mol. The summed E-state index contributed by atoms with van der Waals surface area (Å²) in [5, 5.41) is 32.2. The summed E-state index contributed by atoms with van der Waals surface area (Å²) in [5.74, 6) is 0.540. The Morgan fingerprint density at radius 3 is 2.62 bits per heavy atom. The highest BCUT2D eigenvalue weighted by atomic mass is 16.5. The maximum Gasteiger partial charge on any atom is 0.160 e. The molecule has 0 radical (unpaired) electrons. The van der Waals surface area contributed by atoms with E-state index in [1.807, 2.05) is 6.07 Å². The van der Waals surface area contributed by atoms with Crippen LogP contribution < -0.4 is 4.74 Å². The number of hydrogen-bond donors (Lipinski definition) is 3. The fourth-order valence-electron chi connectivity index (χ4n) is 2.72. The number of aryl methyl sites for hydroxylation is 1. The number of phenols is 1. The van der Waals surface area contributed by atoms with E-state index in [0.29, 0.717) is 30.7 Å². The van der Waals surface area contributed by atoms with E-state index in [1.165, 1.54) is 26.4 Å². The predicted octanol–water partition coefficient (Wildman–Crippen LogP) is 4.28. The van der Waals surface area contributed by atoms with Crippen molar-refractivity contribution in [3.05, 3.63) is 23.8 Å². The van der Waals surface area contributed by atoms with Gasteiger partial charge in [-0.05, 0) is 37.0 Å². The van der Waals surface area contributed by atoms with Gasteiger partial charge in [0.25, 0.3) is 0 Å². The van der Waals surface area contributed by atoms with Crippen LogP contribution in [-0.4, -0.2) is 34.3 Å². The molecule has 1 atom stereocenters. The fraction of sp³-hybridized carbons (Fsp3) is 0.632. The molecule has 1 unspecified atom stereocenters. The lowest BCUT2D eigenvalue weighted by Crippen LogP contribution is -2.14. The lowest BCUT2D eigenvalue weighted by Gasteiger charge is -2.12. The molecule has 1 aromatic rings. The second kappa shape index (κ2) is 11.7. The molecule has 0 aliphatic heterocycles. The van der Waals surface area contributed by atoms with Gasteiger partial charge in [-0.2, -0.15) is 0 Å². The Hall–Kier alpha value is -1.75. The Balaban J connectivity index is 2.36. The number of hydrogen-bond acceptors (Lipinski definition) is 5. The Kier molecular flexibility index (Phi) is 9.92. The smallest absolute Gasteiger partial charge is 0.160 e. The second-order valence-corrected chi connectivity index (χ2v) is 6.23. The molecule has 1 rings (SSSR count). The summed E-state index contributed by atoms with van der Waals surface area (Å²) in [6.07, 6.45) is 7.76. The molecule has 0 fully saturated rings. The summed E-state index contributed by atoms with van der Waals surface area (Å²) in [6.45, 7) is 2.18. The van der Waals surface area contributed by atoms with Crippen LogP contribution in [0.15, 0.2) is 23.4 Å². The summed E-state index contributed by atoms with van der Waals surface area (Å²) < 4.78 is 5.09. The average molecular weight is 337 g/mol. The van der Waals surface area contributed by atoms with Crippen LogP contribution in [0.2, 0.25) is 0 Å². The van der Waals surface area contributed by atoms with Crippen molar-refractivity contribution in [2.45, 2.75) is 70.8 Å². The number of aromatic hydroxyl groups is 1. The van der Waals surface area contributed by atoms with Crippen LogP contribution in [0.5, 0.6) is 11.5 Å². The molecule has 0 aliphatic carbocycles. The molecule has 24 heavy (non-hydrogen) atoms. The molecule has 136 valence electrons. The van der Waals surface area contributed by atoms with E-state index in [-0.39, 0.29) is 5.75 Å². The topological polar surface area (TPSA) is 82.3 Å². The number of aliphatic hydroxyl groups is 1. The van der Waals surface area contributed by atoms with Gasteiger partial charge >= 0.3 is 0 Å². The highest BCUT2D eigenvalue weighted by Crippen LogP contribution is 2.26. The normalized spacial score (nSPS) is 13.0. The van der Waals surface area contributed by atoms with Crippen LogP contribution in [-0.2, 0) is 6.42 Å². The third-order valence-corrected chi connectivity index (χ3v) is 4.20. The number of benzene rings is 1. The summed E-state index contributed by atoms with van der Waals surface area (Å²) in [7, 11) is 1.51. The molecule has 0 saturated heterocycles. The number of oxime groups is 1. The molecule has 0 bridgehead atoms. The minimum absolute atomic E-state index is 0.107. The van der Waals surface area contributed by atoms with E-state index in [2.05, 4.69) is 12.1 Å². The van der Waals surface area contributed by atoms with Crippen LogP contribution in [0.4, 0.5) is 0 Å². The second-order valence-electron chi connectivity index (χ2n) is 6.23. The molecule has 3 N–H and O–H groups in total. The van der Waals surface area contributed by atoms with Gasteiger partial charge in [0.1, 0.15) is 0 Å². The lowest BCUT2D eigenvalue weighted by atomic mass is 10.00. The predicted molar refractivity (Wildman–Crippen MR) is 96.2 cm³/mol. The minimum Gasteiger partial charge on any atom is -0.504 e. The molecule has 0 spiro atoms. The number of rotatable bonds is 12. The number of unbranched alkanes of at least 4 members (excludes halogenated alkanes) is 4. The van der Waals surface area contributed by atoms with Crippen molar-refractivity contribution in [1.29, 1.82) is 0 Å². The quantitative estimate of drug-likeness (QED) is 0.230. The molecule has 0 amide bonds. The number of nitrogens with zero attached hydrogens (tertiary/aromatic N) is 1. The molecular formula is C19H31NO4. The van der Waals surface area contributed by atoms with Gasteiger partial charge in [0.05, 0.1) is 18.9 Å². The molecule has 0 aromatic heterocycles. The molecule has 0 aliphatic rings. The minimum atomic E-state index is -0.452. The molecule has 0 heterocycles. The van der Waals surface area contributed by atoms with Gasteiger partial charge in [0.2, 0.25) is 0 Å². The van der Waals surface area contributed by atoms with Gasteiger partial charge in [0.15, 0.2) is 11.5 Å². The van der Waals surface area contributed by atoms with E-state index in [4.69, 9.17) is 9.94 Å². The van der Waals surface area contributed by atoms with Crippen molar-refractivity contribution in [3.63, 3.8) is 0 Å². The van der Waals surface area contributed by atoms with Gasteiger partial charge in [-0.1, -0.05) is 50.2 Å². The molecule has 0 saturated carbocycles. The van der Waals surface area contributed by atoms with Gasteiger partial charge in [0, 0.05) is 6.42 Å². The maximum atomic E-state index is 10.1. The molecule has 1 aromatic carbocycles. The first-order chi connectivity index (χ1) is 11.6. The number of aliphatic hydroxyl groups excluding tert-OH is 1. The zero-order valence-electron chi connectivity index (χ0n) is 14.9. The Morgan fingerprint density at radius 1 is 1.21 bits per heavy atom. The summed E-state index contributed by atoms with van der Waals surface area (Å²) >= 11 is 0. The van der Waals surface area contributed by atoms with Crippen LogP contribution in [0.1, 0.15) is 63.9 Å². The summed E-state index contributed by atoms with van der Waals surface area (Å²) in [4.78, 5) is 0.